The first-order valence-electron chi connectivity index (χ1n) is 6.46. The number of methoxy groups -OCH3 is 1. The first kappa shape index (κ1) is 11.5. The van der Waals surface area contributed by atoms with Crippen LogP contribution in [0.5, 0.6) is 5.75 Å². The van der Waals surface area contributed by atoms with E-state index in [1.54, 1.807) is 7.11 Å². The Morgan fingerprint density at radius 1 is 1.33 bits per heavy atom. The summed E-state index contributed by atoms with van der Waals surface area (Å²) in [7, 11) is 1.66. The second-order valence-corrected chi connectivity index (χ2v) is 4.91. The summed E-state index contributed by atoms with van der Waals surface area (Å²) < 4.78 is 5.19. The smallest absolute Gasteiger partial charge is 0.224 e. The van der Waals surface area contributed by atoms with Gasteiger partial charge < -0.3 is 9.64 Å². The van der Waals surface area contributed by atoms with Crippen LogP contribution in [0.25, 0.3) is 0 Å². The van der Waals surface area contributed by atoms with Gasteiger partial charge in [-0.25, -0.2) is 0 Å². The van der Waals surface area contributed by atoms with E-state index in [1.165, 1.54) is 0 Å². The Morgan fingerprint density at radius 2 is 2.11 bits per heavy atom. The lowest BCUT2D eigenvalue weighted by Gasteiger charge is -2.43. The summed E-state index contributed by atoms with van der Waals surface area (Å²) in [5.74, 6) is 1.11. The van der Waals surface area contributed by atoms with E-state index in [4.69, 9.17) is 4.74 Å². The Balaban J connectivity index is 1.98. The molecule has 0 aliphatic carbocycles. The van der Waals surface area contributed by atoms with Gasteiger partial charge in [0.2, 0.25) is 5.91 Å². The fraction of sp³-hybridized carbons (Fsp3) is 0.500. The van der Waals surface area contributed by atoms with Gasteiger partial charge in [-0.2, -0.15) is 0 Å². The molecule has 3 rings (SSSR count). The number of hydrogen-bond acceptors (Lipinski definition) is 3. The quantitative estimate of drug-likeness (QED) is 0.859. The van der Waals surface area contributed by atoms with Crippen molar-refractivity contribution in [2.45, 2.75) is 24.9 Å². The zero-order chi connectivity index (χ0) is 12.6. The summed E-state index contributed by atoms with van der Waals surface area (Å²) in [5, 5.41) is 3.54. The second-order valence-electron chi connectivity index (χ2n) is 4.91. The summed E-state index contributed by atoms with van der Waals surface area (Å²) in [5.41, 5.74) is 0.885. The Kier molecular flexibility index (Phi) is 2.74. The molecule has 1 N–H and O–H groups in total. The van der Waals surface area contributed by atoms with E-state index in [0.29, 0.717) is 6.42 Å². The SMILES string of the molecule is COc1ccc([C@]23CCC(=O)N2CCCN3)cc1. The van der Waals surface area contributed by atoms with Crippen LogP contribution in [0.4, 0.5) is 0 Å². The summed E-state index contributed by atoms with van der Waals surface area (Å²) in [6, 6.07) is 8.04. The van der Waals surface area contributed by atoms with Gasteiger partial charge in [-0.1, -0.05) is 12.1 Å². The molecule has 0 aromatic heterocycles. The van der Waals surface area contributed by atoms with Crippen LogP contribution in [-0.4, -0.2) is 31.0 Å². The monoisotopic (exact) mass is 246 g/mol. The number of amides is 1. The average molecular weight is 246 g/mol. The number of nitrogens with zero attached hydrogens (tertiary/aromatic N) is 1. The largest absolute Gasteiger partial charge is 0.497 e. The van der Waals surface area contributed by atoms with Crippen molar-refractivity contribution in [3.05, 3.63) is 29.8 Å². The number of ether oxygens (including phenoxy) is 1. The zero-order valence-electron chi connectivity index (χ0n) is 10.6. The van der Waals surface area contributed by atoms with Crippen LogP contribution in [0.15, 0.2) is 24.3 Å². The van der Waals surface area contributed by atoms with Gasteiger partial charge in [0.1, 0.15) is 11.4 Å². The molecule has 2 aliphatic rings. The highest BCUT2D eigenvalue weighted by Gasteiger charge is 2.47. The van der Waals surface area contributed by atoms with Crippen molar-refractivity contribution >= 4 is 5.91 Å². The highest BCUT2D eigenvalue weighted by Crippen LogP contribution is 2.39. The molecule has 96 valence electrons. The first-order chi connectivity index (χ1) is 8.76. The molecule has 2 aliphatic heterocycles. The number of fused-ring (bicyclic) bond motifs is 1. The van der Waals surface area contributed by atoms with Crippen LogP contribution in [0.2, 0.25) is 0 Å². The summed E-state index contributed by atoms with van der Waals surface area (Å²) in [6.45, 7) is 1.83. The normalized spacial score (nSPS) is 27.2. The zero-order valence-corrected chi connectivity index (χ0v) is 10.6. The molecule has 0 bridgehead atoms. The van der Waals surface area contributed by atoms with Crippen LogP contribution >= 0.6 is 0 Å². The molecule has 2 fully saturated rings. The van der Waals surface area contributed by atoms with Gasteiger partial charge in [0, 0.05) is 13.0 Å². The van der Waals surface area contributed by atoms with Gasteiger partial charge in [0.05, 0.1) is 7.11 Å². The predicted octanol–water partition coefficient (Wildman–Crippen LogP) is 1.46. The number of hydrogen-bond donors (Lipinski definition) is 1. The van der Waals surface area contributed by atoms with E-state index in [1.807, 2.05) is 17.0 Å². The van der Waals surface area contributed by atoms with Gasteiger partial charge in [-0.3, -0.25) is 10.1 Å². The lowest BCUT2D eigenvalue weighted by molar-refractivity contribution is -0.133. The number of carbonyl (C=O) groups excluding carboxylic acids is 1. The van der Waals surface area contributed by atoms with E-state index in [9.17, 15) is 4.79 Å². The maximum Gasteiger partial charge on any atom is 0.224 e. The molecular weight excluding hydrogens is 228 g/mol. The standard InChI is InChI=1S/C14H18N2O2/c1-18-12-5-3-11(4-6-12)14-8-7-13(17)16(14)10-2-9-15-14/h3-6,15H,2,7-10H2,1H3/t14-/m0/s1. The van der Waals surface area contributed by atoms with E-state index in [2.05, 4.69) is 17.4 Å². The van der Waals surface area contributed by atoms with Crippen molar-refractivity contribution in [2.24, 2.45) is 0 Å². The van der Waals surface area contributed by atoms with Crippen molar-refractivity contribution in [1.29, 1.82) is 0 Å². The van der Waals surface area contributed by atoms with E-state index in [0.717, 1.165) is 37.2 Å². The fourth-order valence-electron chi connectivity index (χ4n) is 3.07. The number of benzene rings is 1. The Morgan fingerprint density at radius 3 is 2.83 bits per heavy atom. The molecule has 2 heterocycles. The topological polar surface area (TPSA) is 41.6 Å². The minimum Gasteiger partial charge on any atom is -0.497 e. The molecular formula is C14H18N2O2. The Labute approximate surface area is 107 Å². The fourth-order valence-corrected chi connectivity index (χ4v) is 3.07. The molecule has 1 amide bonds. The van der Waals surface area contributed by atoms with Crippen LogP contribution in [0.1, 0.15) is 24.8 Å². The number of nitrogens with one attached hydrogen (secondary N) is 1. The van der Waals surface area contributed by atoms with Crippen molar-refractivity contribution in [3.63, 3.8) is 0 Å². The highest BCUT2D eigenvalue weighted by molar-refractivity contribution is 5.80. The van der Waals surface area contributed by atoms with Crippen molar-refractivity contribution in [3.8, 4) is 5.75 Å². The molecule has 1 aromatic carbocycles. The van der Waals surface area contributed by atoms with E-state index < -0.39 is 0 Å². The number of rotatable bonds is 2. The highest BCUT2D eigenvalue weighted by atomic mass is 16.5. The molecule has 0 spiro atoms. The molecule has 1 aromatic rings. The van der Waals surface area contributed by atoms with Crippen LogP contribution in [0, 0.1) is 0 Å². The van der Waals surface area contributed by atoms with Crippen LogP contribution in [0.3, 0.4) is 0 Å². The lowest BCUT2D eigenvalue weighted by atomic mass is 9.94. The van der Waals surface area contributed by atoms with Gasteiger partial charge in [0.25, 0.3) is 0 Å². The van der Waals surface area contributed by atoms with E-state index in [-0.39, 0.29) is 11.6 Å². The molecule has 1 atom stereocenters. The summed E-state index contributed by atoms with van der Waals surface area (Å²) in [6.07, 6.45) is 2.53. The van der Waals surface area contributed by atoms with Crippen molar-refractivity contribution in [2.75, 3.05) is 20.2 Å². The van der Waals surface area contributed by atoms with Gasteiger partial charge in [-0.15, -0.1) is 0 Å². The predicted molar refractivity (Wildman–Crippen MR) is 68.2 cm³/mol. The Hall–Kier alpha value is -1.55. The first-order valence-corrected chi connectivity index (χ1v) is 6.46. The number of carbonyl (C=O) groups is 1. The third-order valence-electron chi connectivity index (χ3n) is 4.01. The molecule has 4 nitrogen and oxygen atoms in total. The Bertz CT molecular complexity index is 457. The summed E-state index contributed by atoms with van der Waals surface area (Å²) in [4.78, 5) is 14.0. The van der Waals surface area contributed by atoms with Crippen molar-refractivity contribution < 1.29 is 9.53 Å². The van der Waals surface area contributed by atoms with Gasteiger partial charge >= 0.3 is 0 Å². The van der Waals surface area contributed by atoms with Gasteiger partial charge in [-0.05, 0) is 37.1 Å². The maximum absolute atomic E-state index is 12.0. The average Bonchev–Trinajstić information content (AvgIpc) is 2.78. The van der Waals surface area contributed by atoms with Gasteiger partial charge in [0.15, 0.2) is 0 Å². The van der Waals surface area contributed by atoms with Crippen molar-refractivity contribution in [1.82, 2.24) is 10.2 Å². The third kappa shape index (κ3) is 1.60. The molecule has 0 radical (unpaired) electrons. The maximum atomic E-state index is 12.0. The lowest BCUT2D eigenvalue weighted by Crippen LogP contribution is -2.58. The van der Waals surface area contributed by atoms with Crippen LogP contribution < -0.4 is 10.1 Å². The third-order valence-corrected chi connectivity index (χ3v) is 4.01. The van der Waals surface area contributed by atoms with Crippen LogP contribution in [-0.2, 0) is 10.5 Å². The van der Waals surface area contributed by atoms with E-state index >= 15 is 0 Å². The second kappa shape index (κ2) is 4.28. The molecule has 2 saturated heterocycles. The minimum atomic E-state index is -0.276. The molecule has 0 unspecified atom stereocenters. The minimum absolute atomic E-state index is 0.262. The molecule has 4 heteroatoms. The summed E-state index contributed by atoms with van der Waals surface area (Å²) >= 11 is 0. The molecule has 18 heavy (non-hydrogen) atoms. The molecule has 0 saturated carbocycles.